The number of aromatic amines is 1. The lowest BCUT2D eigenvalue weighted by atomic mass is 10.3. The molecule has 0 aromatic carbocycles. The Hall–Kier alpha value is -1.50. The van der Waals surface area contributed by atoms with Gasteiger partial charge in [0.2, 0.25) is 0 Å². The maximum Gasteiger partial charge on any atom is 0.313 e. The van der Waals surface area contributed by atoms with Crippen LogP contribution >= 0.6 is 11.8 Å². The number of aromatic nitrogens is 2. The van der Waals surface area contributed by atoms with Crippen molar-refractivity contribution in [2.75, 3.05) is 18.1 Å². The molecular formula is C9H13N3O3S. The number of aliphatic carboxylic acids is 1. The second-order valence-corrected chi connectivity index (χ2v) is 4.24. The normalized spacial score (nSPS) is 10.1. The molecule has 1 aromatic heterocycles. The van der Waals surface area contributed by atoms with Crippen LogP contribution in [0, 0.1) is 6.92 Å². The van der Waals surface area contributed by atoms with Gasteiger partial charge < -0.3 is 10.4 Å². The number of rotatable bonds is 6. The Morgan fingerprint density at radius 1 is 1.62 bits per heavy atom. The van der Waals surface area contributed by atoms with E-state index in [1.807, 2.05) is 6.92 Å². The highest BCUT2D eigenvalue weighted by Crippen LogP contribution is 1.99. The maximum absolute atomic E-state index is 11.4. The minimum atomic E-state index is -0.848. The van der Waals surface area contributed by atoms with Gasteiger partial charge in [0, 0.05) is 18.0 Å². The van der Waals surface area contributed by atoms with Gasteiger partial charge in [-0.15, -0.1) is 11.8 Å². The number of nitrogens with one attached hydrogen (secondary N) is 2. The summed E-state index contributed by atoms with van der Waals surface area (Å²) in [5.41, 5.74) is 1.17. The standard InChI is InChI=1S/C9H13N3O3S/c1-6-4-7(12-11-6)9(15)10-2-3-16-5-8(13)14/h4H,2-3,5H2,1H3,(H,10,15)(H,11,12)(H,13,14). The van der Waals surface area contributed by atoms with E-state index < -0.39 is 5.97 Å². The zero-order valence-corrected chi connectivity index (χ0v) is 9.63. The predicted molar refractivity (Wildman–Crippen MR) is 60.6 cm³/mol. The van der Waals surface area contributed by atoms with Crippen LogP contribution in [-0.4, -0.2) is 45.2 Å². The number of hydrogen-bond donors (Lipinski definition) is 3. The smallest absolute Gasteiger partial charge is 0.313 e. The lowest BCUT2D eigenvalue weighted by Crippen LogP contribution is -2.26. The summed E-state index contributed by atoms with van der Waals surface area (Å²) in [7, 11) is 0. The van der Waals surface area contributed by atoms with E-state index in [0.29, 0.717) is 18.0 Å². The molecule has 0 aliphatic carbocycles. The second-order valence-electron chi connectivity index (χ2n) is 3.14. The van der Waals surface area contributed by atoms with Crippen LogP contribution in [-0.2, 0) is 4.79 Å². The molecule has 0 spiro atoms. The number of hydrogen-bond acceptors (Lipinski definition) is 4. The van der Waals surface area contributed by atoms with E-state index in [9.17, 15) is 9.59 Å². The molecule has 0 saturated carbocycles. The minimum absolute atomic E-state index is 0.0530. The van der Waals surface area contributed by atoms with Crippen LogP contribution in [0.3, 0.4) is 0 Å². The molecule has 16 heavy (non-hydrogen) atoms. The van der Waals surface area contributed by atoms with E-state index in [4.69, 9.17) is 5.11 Å². The van der Waals surface area contributed by atoms with Crippen LogP contribution in [0.4, 0.5) is 0 Å². The number of amides is 1. The molecule has 0 radical (unpaired) electrons. The fraction of sp³-hybridized carbons (Fsp3) is 0.444. The van der Waals surface area contributed by atoms with E-state index >= 15 is 0 Å². The minimum Gasteiger partial charge on any atom is -0.481 e. The number of carboxylic acid groups (broad SMARTS) is 1. The predicted octanol–water partition coefficient (Wildman–Crippen LogP) is 0.266. The average Bonchev–Trinajstić information content (AvgIpc) is 2.63. The molecule has 0 bridgehead atoms. The van der Waals surface area contributed by atoms with Gasteiger partial charge in [-0.25, -0.2) is 0 Å². The highest BCUT2D eigenvalue weighted by Gasteiger charge is 2.07. The molecule has 1 amide bonds. The summed E-state index contributed by atoms with van der Waals surface area (Å²) >= 11 is 1.26. The summed E-state index contributed by atoms with van der Waals surface area (Å²) in [5, 5.41) is 17.5. The largest absolute Gasteiger partial charge is 0.481 e. The van der Waals surface area contributed by atoms with E-state index in [2.05, 4.69) is 15.5 Å². The highest BCUT2D eigenvalue weighted by atomic mass is 32.2. The third kappa shape index (κ3) is 4.35. The summed E-state index contributed by atoms with van der Waals surface area (Å²) in [6.07, 6.45) is 0. The maximum atomic E-state index is 11.4. The molecule has 1 heterocycles. The molecule has 1 aromatic rings. The highest BCUT2D eigenvalue weighted by molar-refractivity contribution is 7.99. The van der Waals surface area contributed by atoms with E-state index in [1.165, 1.54) is 11.8 Å². The topological polar surface area (TPSA) is 95.1 Å². The van der Waals surface area contributed by atoms with Crippen molar-refractivity contribution < 1.29 is 14.7 Å². The first kappa shape index (κ1) is 12.6. The van der Waals surface area contributed by atoms with Gasteiger partial charge in [-0.2, -0.15) is 5.10 Å². The number of H-pyrrole nitrogens is 1. The first-order valence-corrected chi connectivity index (χ1v) is 5.85. The number of carbonyl (C=O) groups excluding carboxylic acids is 1. The molecule has 0 saturated heterocycles. The first-order chi connectivity index (χ1) is 7.59. The summed E-state index contributed by atoms with van der Waals surface area (Å²) < 4.78 is 0. The van der Waals surface area contributed by atoms with Gasteiger partial charge in [0.25, 0.3) is 5.91 Å². The van der Waals surface area contributed by atoms with Crippen molar-refractivity contribution in [3.05, 3.63) is 17.5 Å². The molecule has 0 aliphatic rings. The van der Waals surface area contributed by atoms with Crippen LogP contribution in [0.5, 0.6) is 0 Å². The Morgan fingerprint density at radius 2 is 2.38 bits per heavy atom. The SMILES string of the molecule is Cc1cc(C(=O)NCCSCC(=O)O)n[nH]1. The van der Waals surface area contributed by atoms with Gasteiger partial charge in [-0.05, 0) is 13.0 Å². The quantitative estimate of drug-likeness (QED) is 0.623. The van der Waals surface area contributed by atoms with Crippen molar-refractivity contribution in [2.45, 2.75) is 6.92 Å². The van der Waals surface area contributed by atoms with E-state index in [-0.39, 0.29) is 11.7 Å². The van der Waals surface area contributed by atoms with Gasteiger partial charge in [0.05, 0.1) is 5.75 Å². The molecule has 0 atom stereocenters. The second kappa shape index (κ2) is 6.16. The zero-order chi connectivity index (χ0) is 12.0. The number of thioether (sulfide) groups is 1. The molecule has 6 nitrogen and oxygen atoms in total. The summed E-state index contributed by atoms with van der Waals surface area (Å²) in [5.74, 6) is -0.474. The molecule has 1 rings (SSSR count). The Labute approximate surface area is 96.8 Å². The van der Waals surface area contributed by atoms with Gasteiger partial charge in [-0.1, -0.05) is 0 Å². The van der Waals surface area contributed by atoms with Gasteiger partial charge in [0.1, 0.15) is 5.69 Å². The number of carbonyl (C=O) groups is 2. The number of carboxylic acids is 1. The Kier molecular flexibility index (Phi) is 4.84. The van der Waals surface area contributed by atoms with Gasteiger partial charge >= 0.3 is 5.97 Å². The number of nitrogens with zero attached hydrogens (tertiary/aromatic N) is 1. The fourth-order valence-corrected chi connectivity index (χ4v) is 1.59. The molecule has 0 aliphatic heterocycles. The van der Waals surface area contributed by atoms with Crippen LogP contribution < -0.4 is 5.32 Å². The Morgan fingerprint density at radius 3 is 2.94 bits per heavy atom. The van der Waals surface area contributed by atoms with Gasteiger partial charge in [-0.3, -0.25) is 14.7 Å². The lowest BCUT2D eigenvalue weighted by molar-refractivity contribution is -0.133. The molecule has 7 heteroatoms. The summed E-state index contributed by atoms with van der Waals surface area (Å²) in [6, 6.07) is 1.65. The average molecular weight is 243 g/mol. The van der Waals surface area contributed by atoms with E-state index in [0.717, 1.165) is 5.69 Å². The van der Waals surface area contributed by atoms with E-state index in [1.54, 1.807) is 6.07 Å². The molecule has 3 N–H and O–H groups in total. The van der Waals surface area contributed by atoms with Crippen molar-refractivity contribution in [3.63, 3.8) is 0 Å². The third-order valence-corrected chi connectivity index (χ3v) is 2.64. The van der Waals surface area contributed by atoms with Crippen molar-refractivity contribution in [1.29, 1.82) is 0 Å². The molecule has 88 valence electrons. The van der Waals surface area contributed by atoms with Crippen molar-refractivity contribution in [2.24, 2.45) is 0 Å². The molecular weight excluding hydrogens is 230 g/mol. The van der Waals surface area contributed by atoms with Crippen molar-refractivity contribution >= 4 is 23.6 Å². The molecule has 0 fully saturated rings. The van der Waals surface area contributed by atoms with Crippen LogP contribution in [0.15, 0.2) is 6.07 Å². The van der Waals surface area contributed by atoms with Gasteiger partial charge in [0.15, 0.2) is 0 Å². The Balaban J connectivity index is 2.18. The van der Waals surface area contributed by atoms with Crippen LogP contribution in [0.1, 0.15) is 16.2 Å². The van der Waals surface area contributed by atoms with Crippen molar-refractivity contribution in [3.8, 4) is 0 Å². The Bertz CT molecular complexity index is 378. The molecule has 0 unspecified atom stereocenters. The summed E-state index contributed by atoms with van der Waals surface area (Å²) in [4.78, 5) is 21.6. The third-order valence-electron chi connectivity index (χ3n) is 1.70. The zero-order valence-electron chi connectivity index (χ0n) is 8.82. The fourth-order valence-electron chi connectivity index (χ4n) is 1.02. The van der Waals surface area contributed by atoms with Crippen LogP contribution in [0.2, 0.25) is 0 Å². The monoisotopic (exact) mass is 243 g/mol. The first-order valence-electron chi connectivity index (χ1n) is 4.69. The van der Waals surface area contributed by atoms with Crippen molar-refractivity contribution in [1.82, 2.24) is 15.5 Å². The van der Waals surface area contributed by atoms with Crippen LogP contribution in [0.25, 0.3) is 0 Å². The summed E-state index contributed by atoms with van der Waals surface area (Å²) in [6.45, 7) is 2.25. The number of aryl methyl sites for hydroxylation is 1. The lowest BCUT2D eigenvalue weighted by Gasteiger charge is -2.01.